The molecule has 0 radical (unpaired) electrons. The number of amides is 1. The molecule has 0 saturated carbocycles. The minimum atomic E-state index is -0.938. The zero-order chi connectivity index (χ0) is 24.6. The van der Waals surface area contributed by atoms with Crippen molar-refractivity contribution in [2.24, 2.45) is 5.92 Å². The molecule has 2 N–H and O–H groups in total. The molecule has 0 saturated heterocycles. The summed E-state index contributed by atoms with van der Waals surface area (Å²) in [6, 6.07) is -0.753. The maximum atomic E-state index is 11.7. The predicted octanol–water partition coefficient (Wildman–Crippen LogP) is 2.62. The van der Waals surface area contributed by atoms with Gasteiger partial charge in [0.1, 0.15) is 6.04 Å². The van der Waals surface area contributed by atoms with Crippen molar-refractivity contribution in [3.8, 4) is 0 Å². The SMILES string of the molecule is CCCCCCCCCC(=O)N[C@H](C(=O)O)[C@@H](C)CC.CCCCCCCCCC(=O)[O-].[Na+]. The summed E-state index contributed by atoms with van der Waals surface area (Å²) in [5.41, 5.74) is 0. The third-order valence-corrected chi connectivity index (χ3v) is 5.79. The minimum absolute atomic E-state index is 0. The van der Waals surface area contributed by atoms with Gasteiger partial charge in [0.15, 0.2) is 0 Å². The molecular weight excluding hydrogens is 429 g/mol. The van der Waals surface area contributed by atoms with Crippen molar-refractivity contribution in [2.45, 2.75) is 143 Å². The van der Waals surface area contributed by atoms with E-state index in [9.17, 15) is 19.5 Å². The first kappa shape index (κ1) is 37.0. The molecule has 33 heavy (non-hydrogen) atoms. The second kappa shape index (κ2) is 27.7. The summed E-state index contributed by atoms with van der Waals surface area (Å²) in [7, 11) is 0. The van der Waals surface area contributed by atoms with E-state index >= 15 is 0 Å². The Balaban J connectivity index is -0.000000596. The van der Waals surface area contributed by atoms with E-state index in [0.717, 1.165) is 32.1 Å². The molecule has 1 amide bonds. The van der Waals surface area contributed by atoms with Crippen LogP contribution in [0.4, 0.5) is 0 Å². The third-order valence-electron chi connectivity index (χ3n) is 5.79. The number of carbonyl (C=O) groups is 3. The van der Waals surface area contributed by atoms with E-state index in [-0.39, 0.29) is 47.8 Å². The number of carboxylic acid groups (broad SMARTS) is 2. The van der Waals surface area contributed by atoms with Gasteiger partial charge in [-0.05, 0) is 25.2 Å². The summed E-state index contributed by atoms with van der Waals surface area (Å²) < 4.78 is 0. The van der Waals surface area contributed by atoms with Crippen LogP contribution in [-0.2, 0) is 14.4 Å². The van der Waals surface area contributed by atoms with E-state index in [0.29, 0.717) is 6.42 Å². The summed E-state index contributed by atoms with van der Waals surface area (Å²) in [4.78, 5) is 32.9. The van der Waals surface area contributed by atoms with Crippen LogP contribution in [0.5, 0.6) is 0 Å². The van der Waals surface area contributed by atoms with Crippen LogP contribution in [0.1, 0.15) is 137 Å². The Morgan fingerprint density at radius 3 is 1.48 bits per heavy atom. The van der Waals surface area contributed by atoms with Crippen LogP contribution in [0.25, 0.3) is 0 Å². The first-order valence-corrected chi connectivity index (χ1v) is 13.0. The summed E-state index contributed by atoms with van der Waals surface area (Å²) in [6.45, 7) is 8.17. The van der Waals surface area contributed by atoms with E-state index in [1.54, 1.807) is 0 Å². The smallest absolute Gasteiger partial charge is 0.550 e. The molecule has 0 spiro atoms. The first-order valence-electron chi connectivity index (χ1n) is 13.0. The monoisotopic (exact) mass is 479 g/mol. The number of nitrogens with one attached hydrogen (secondary N) is 1. The molecular formula is C26H50NNaO5. The topological polar surface area (TPSA) is 107 Å². The first-order chi connectivity index (χ1) is 15.3. The number of hydrogen-bond acceptors (Lipinski definition) is 4. The molecule has 0 aromatic rings. The van der Waals surface area contributed by atoms with Crippen LogP contribution in [0.2, 0.25) is 0 Å². The largest absolute Gasteiger partial charge is 1.00 e. The molecule has 0 aromatic heterocycles. The van der Waals surface area contributed by atoms with Crippen molar-refractivity contribution in [2.75, 3.05) is 0 Å². The second-order valence-corrected chi connectivity index (χ2v) is 8.88. The van der Waals surface area contributed by atoms with Crippen LogP contribution >= 0.6 is 0 Å². The Labute approximate surface area is 225 Å². The van der Waals surface area contributed by atoms with Gasteiger partial charge in [0, 0.05) is 12.4 Å². The van der Waals surface area contributed by atoms with Crippen LogP contribution in [0.15, 0.2) is 0 Å². The minimum Gasteiger partial charge on any atom is -0.550 e. The van der Waals surface area contributed by atoms with Gasteiger partial charge in [-0.1, -0.05) is 111 Å². The van der Waals surface area contributed by atoms with Crippen molar-refractivity contribution in [3.05, 3.63) is 0 Å². The van der Waals surface area contributed by atoms with Gasteiger partial charge in [-0.25, -0.2) is 4.79 Å². The molecule has 0 aromatic carbocycles. The number of carbonyl (C=O) groups excluding carboxylic acids is 2. The maximum Gasteiger partial charge on any atom is 1.00 e. The van der Waals surface area contributed by atoms with Crippen LogP contribution in [0.3, 0.4) is 0 Å². The van der Waals surface area contributed by atoms with Crippen molar-refractivity contribution in [1.82, 2.24) is 5.32 Å². The fourth-order valence-electron chi connectivity index (χ4n) is 3.40. The molecule has 2 atom stereocenters. The van der Waals surface area contributed by atoms with Crippen molar-refractivity contribution in [3.63, 3.8) is 0 Å². The van der Waals surface area contributed by atoms with E-state index in [4.69, 9.17) is 5.11 Å². The standard InChI is InChI=1S/C16H31NO3.C10H20O2.Na/c1-4-6-7-8-9-10-11-12-14(18)17-15(16(19)20)13(3)5-2;1-2-3-4-5-6-7-8-9-10(11)12;/h13,15H,4-12H2,1-3H3,(H,17,18)(H,19,20);2-9H2,1H3,(H,11,12);/q;;+1/p-1/t13-,15-;;/m0../s1. The molecule has 6 nitrogen and oxygen atoms in total. The number of aliphatic carboxylic acids is 2. The van der Waals surface area contributed by atoms with Crippen molar-refractivity contribution < 1.29 is 54.2 Å². The average molecular weight is 480 g/mol. The van der Waals surface area contributed by atoms with Crippen LogP contribution in [0, 0.1) is 5.92 Å². The second-order valence-electron chi connectivity index (χ2n) is 8.88. The number of carboxylic acids is 2. The Kier molecular flexibility index (Phi) is 31.0. The normalized spacial score (nSPS) is 12.0. The molecule has 0 rings (SSSR count). The van der Waals surface area contributed by atoms with Gasteiger partial charge in [0.2, 0.25) is 5.91 Å². The number of rotatable bonds is 20. The third kappa shape index (κ3) is 27.5. The van der Waals surface area contributed by atoms with Crippen molar-refractivity contribution in [1.29, 1.82) is 0 Å². The molecule has 0 bridgehead atoms. The van der Waals surface area contributed by atoms with E-state index in [1.807, 2.05) is 13.8 Å². The van der Waals surface area contributed by atoms with Gasteiger partial charge < -0.3 is 20.3 Å². The molecule has 0 aliphatic rings. The number of unbranched alkanes of at least 4 members (excludes halogenated alkanes) is 12. The van der Waals surface area contributed by atoms with Gasteiger partial charge in [-0.2, -0.15) is 0 Å². The van der Waals surface area contributed by atoms with Gasteiger partial charge in [-0.15, -0.1) is 0 Å². The molecule has 0 fully saturated rings. The summed E-state index contributed by atoms with van der Waals surface area (Å²) >= 11 is 0. The molecule has 0 aliphatic heterocycles. The zero-order valence-electron chi connectivity index (χ0n) is 22.3. The quantitative estimate of drug-likeness (QED) is 0.206. The van der Waals surface area contributed by atoms with Crippen LogP contribution < -0.4 is 40.0 Å². The Morgan fingerprint density at radius 1 is 0.727 bits per heavy atom. The fourth-order valence-corrected chi connectivity index (χ4v) is 3.40. The fraction of sp³-hybridized carbons (Fsp3) is 0.885. The molecule has 190 valence electrons. The van der Waals surface area contributed by atoms with E-state index in [1.165, 1.54) is 64.2 Å². The Hall–Kier alpha value is -0.590. The van der Waals surface area contributed by atoms with Crippen LogP contribution in [-0.4, -0.2) is 29.0 Å². The van der Waals surface area contributed by atoms with E-state index in [2.05, 4.69) is 19.2 Å². The molecule has 0 unspecified atom stereocenters. The summed E-state index contributed by atoms with van der Waals surface area (Å²) in [5.74, 6) is -2.02. The predicted molar refractivity (Wildman–Crippen MR) is 129 cm³/mol. The van der Waals surface area contributed by atoms with Gasteiger partial charge >= 0.3 is 35.5 Å². The molecule has 0 heterocycles. The molecule has 0 aliphatic carbocycles. The number of hydrogen-bond donors (Lipinski definition) is 2. The zero-order valence-corrected chi connectivity index (χ0v) is 24.3. The maximum absolute atomic E-state index is 11.7. The Morgan fingerprint density at radius 2 is 1.12 bits per heavy atom. The molecule has 7 heteroatoms. The summed E-state index contributed by atoms with van der Waals surface area (Å²) in [5, 5.41) is 21.8. The van der Waals surface area contributed by atoms with Gasteiger partial charge in [0.05, 0.1) is 0 Å². The Bertz CT molecular complexity index is 474. The van der Waals surface area contributed by atoms with E-state index < -0.39 is 18.0 Å². The van der Waals surface area contributed by atoms with Gasteiger partial charge in [0.25, 0.3) is 0 Å². The van der Waals surface area contributed by atoms with Crippen molar-refractivity contribution >= 4 is 17.8 Å². The van der Waals surface area contributed by atoms with Gasteiger partial charge in [-0.3, -0.25) is 4.79 Å². The average Bonchev–Trinajstić information content (AvgIpc) is 2.75. The summed E-state index contributed by atoms with van der Waals surface area (Å²) in [6.07, 6.45) is 17.6.